The summed E-state index contributed by atoms with van der Waals surface area (Å²) < 4.78 is 0. The maximum atomic E-state index is 3.98. The largest absolute Gasteiger partial charge is 0.0955 e. The molecule has 0 saturated heterocycles. The summed E-state index contributed by atoms with van der Waals surface area (Å²) in [6.45, 7) is 25.2. The second-order valence-corrected chi connectivity index (χ2v) is 5.96. The zero-order valence-electron chi connectivity index (χ0n) is 18.5. The van der Waals surface area contributed by atoms with Gasteiger partial charge in [0, 0.05) is 0 Å². The van der Waals surface area contributed by atoms with Gasteiger partial charge in [0.05, 0.1) is 0 Å². The molecule has 0 spiro atoms. The minimum absolute atomic E-state index is 0.712. The van der Waals surface area contributed by atoms with Crippen molar-refractivity contribution in [1.82, 2.24) is 0 Å². The Kier molecular flexibility index (Phi) is 23.2. The van der Waals surface area contributed by atoms with Gasteiger partial charge in [0.2, 0.25) is 0 Å². The first kappa shape index (κ1) is 27.8. The maximum absolute atomic E-state index is 3.98. The molecule has 0 heteroatoms. The Bertz CT molecular complexity index is 358. The van der Waals surface area contributed by atoms with Crippen LogP contribution in [0.1, 0.15) is 112 Å². The molecule has 0 aliphatic carbocycles. The quantitative estimate of drug-likeness (QED) is 0.486. The lowest BCUT2D eigenvalue weighted by Crippen LogP contribution is -2.03. The van der Waals surface area contributed by atoms with Crippen LogP contribution in [0.5, 0.6) is 0 Å². The molecule has 24 heavy (non-hydrogen) atoms. The van der Waals surface area contributed by atoms with Crippen molar-refractivity contribution in [3.8, 4) is 0 Å². The minimum Gasteiger partial charge on any atom is -0.0955 e. The Labute approximate surface area is 154 Å². The van der Waals surface area contributed by atoms with Gasteiger partial charge in [-0.3, -0.25) is 0 Å². The van der Waals surface area contributed by atoms with E-state index in [1.807, 2.05) is 27.7 Å². The Morgan fingerprint density at radius 1 is 0.875 bits per heavy atom. The Morgan fingerprint density at radius 3 is 1.58 bits per heavy atom. The molecule has 1 aromatic carbocycles. The molecule has 2 atom stereocenters. The van der Waals surface area contributed by atoms with Crippen LogP contribution in [0, 0.1) is 5.92 Å². The van der Waals surface area contributed by atoms with Crippen molar-refractivity contribution in [2.24, 2.45) is 5.92 Å². The number of benzene rings is 1. The summed E-state index contributed by atoms with van der Waals surface area (Å²) >= 11 is 0. The van der Waals surface area contributed by atoms with E-state index < -0.39 is 0 Å². The lowest BCUT2D eigenvalue weighted by Gasteiger charge is -2.19. The maximum Gasteiger partial charge on any atom is -0.0162 e. The van der Waals surface area contributed by atoms with E-state index in [9.17, 15) is 0 Å². The van der Waals surface area contributed by atoms with Crippen molar-refractivity contribution in [2.75, 3.05) is 0 Å². The molecular weight excluding hydrogens is 288 g/mol. The summed E-state index contributed by atoms with van der Waals surface area (Å²) in [5.41, 5.74) is 3.89. The Morgan fingerprint density at radius 2 is 1.29 bits per heavy atom. The van der Waals surface area contributed by atoms with Crippen LogP contribution in [0.4, 0.5) is 0 Å². The van der Waals surface area contributed by atoms with Crippen LogP contribution in [-0.4, -0.2) is 0 Å². The van der Waals surface area contributed by atoms with Gasteiger partial charge in [-0.25, -0.2) is 0 Å². The fourth-order valence-electron chi connectivity index (χ4n) is 2.23. The molecule has 0 bridgehead atoms. The van der Waals surface area contributed by atoms with E-state index in [-0.39, 0.29) is 0 Å². The first-order valence-corrected chi connectivity index (χ1v) is 10.3. The molecule has 142 valence electrons. The molecule has 0 fully saturated rings. The highest BCUT2D eigenvalue weighted by molar-refractivity contribution is 5.61. The lowest BCUT2D eigenvalue weighted by atomic mass is 9.86. The van der Waals surface area contributed by atoms with Gasteiger partial charge in [0.15, 0.2) is 0 Å². The van der Waals surface area contributed by atoms with Gasteiger partial charge in [-0.05, 0) is 42.7 Å². The molecule has 2 unspecified atom stereocenters. The van der Waals surface area contributed by atoms with Crippen molar-refractivity contribution in [3.63, 3.8) is 0 Å². The zero-order chi connectivity index (χ0) is 19.5. The van der Waals surface area contributed by atoms with Gasteiger partial charge in [0.1, 0.15) is 0 Å². The average molecular weight is 335 g/mol. The second-order valence-electron chi connectivity index (χ2n) is 5.96. The van der Waals surface area contributed by atoms with Crippen molar-refractivity contribution < 1.29 is 0 Å². The molecule has 0 aliphatic heterocycles. The molecule has 1 aromatic rings. The summed E-state index contributed by atoms with van der Waals surface area (Å²) in [5, 5.41) is 0. The summed E-state index contributed by atoms with van der Waals surface area (Å²) in [6.07, 6.45) is 5.07. The van der Waals surface area contributed by atoms with E-state index in [4.69, 9.17) is 0 Å². The summed E-state index contributed by atoms with van der Waals surface area (Å²) in [7, 11) is 0. The normalized spacial score (nSPS) is 11.4. The first-order chi connectivity index (χ1) is 11.5. The van der Waals surface area contributed by atoms with E-state index >= 15 is 0 Å². The molecule has 0 saturated carbocycles. The third-order valence-corrected chi connectivity index (χ3v) is 3.75. The van der Waals surface area contributed by atoms with Crippen LogP contribution >= 0.6 is 0 Å². The summed E-state index contributed by atoms with van der Waals surface area (Å²) in [6, 6.07) is 8.97. The second kappa shape index (κ2) is 20.0. The fourth-order valence-corrected chi connectivity index (χ4v) is 2.23. The van der Waals surface area contributed by atoms with Gasteiger partial charge in [-0.2, -0.15) is 0 Å². The SMILES string of the molecule is C=C(C)c1ccc(C(CC)CC(C)CC)cc1.CC.CC.CCC. The van der Waals surface area contributed by atoms with E-state index in [1.165, 1.54) is 36.8 Å². The standard InChI is InChI=1S/C17H26.C3H8.2C2H6/c1-6-14(5)12-15(7-2)17-10-8-16(9-11-17)13(3)4;1-3-2;2*1-2/h8-11,14-15H,3,6-7,12H2,1-2,4-5H3;3H2,1-2H3;2*1-2H3. The minimum atomic E-state index is 0.712. The van der Waals surface area contributed by atoms with Gasteiger partial charge >= 0.3 is 0 Å². The van der Waals surface area contributed by atoms with Crippen molar-refractivity contribution in [2.45, 2.75) is 101 Å². The molecule has 0 amide bonds. The smallest absolute Gasteiger partial charge is 0.0162 e. The molecule has 0 heterocycles. The molecule has 0 nitrogen and oxygen atoms in total. The number of rotatable bonds is 6. The van der Waals surface area contributed by atoms with E-state index in [1.54, 1.807) is 0 Å². The molecule has 0 aliphatic rings. The molecule has 0 aromatic heterocycles. The molecule has 0 radical (unpaired) electrons. The van der Waals surface area contributed by atoms with E-state index in [0.717, 1.165) is 11.5 Å². The average Bonchev–Trinajstić information content (AvgIpc) is 2.63. The van der Waals surface area contributed by atoms with Gasteiger partial charge in [-0.15, -0.1) is 0 Å². The van der Waals surface area contributed by atoms with Crippen LogP contribution in [0.2, 0.25) is 0 Å². The number of hydrogen-bond acceptors (Lipinski definition) is 0. The first-order valence-electron chi connectivity index (χ1n) is 10.3. The van der Waals surface area contributed by atoms with Crippen LogP contribution in [0.15, 0.2) is 30.8 Å². The van der Waals surface area contributed by atoms with Crippen LogP contribution in [-0.2, 0) is 0 Å². The van der Waals surface area contributed by atoms with Gasteiger partial charge in [0.25, 0.3) is 0 Å². The van der Waals surface area contributed by atoms with E-state index in [0.29, 0.717) is 5.92 Å². The predicted molar refractivity (Wildman–Crippen MR) is 117 cm³/mol. The van der Waals surface area contributed by atoms with Crippen LogP contribution < -0.4 is 0 Å². The van der Waals surface area contributed by atoms with Crippen LogP contribution in [0.25, 0.3) is 5.57 Å². The van der Waals surface area contributed by atoms with Gasteiger partial charge in [-0.1, -0.05) is 112 Å². The molecular formula is C24H46. The predicted octanol–water partition coefficient (Wildman–Crippen LogP) is 9.12. The van der Waals surface area contributed by atoms with Gasteiger partial charge < -0.3 is 0 Å². The topological polar surface area (TPSA) is 0 Å². The monoisotopic (exact) mass is 334 g/mol. The van der Waals surface area contributed by atoms with Crippen molar-refractivity contribution in [3.05, 3.63) is 42.0 Å². The lowest BCUT2D eigenvalue weighted by molar-refractivity contribution is 0.447. The van der Waals surface area contributed by atoms with Crippen molar-refractivity contribution >= 4 is 5.57 Å². The number of allylic oxidation sites excluding steroid dienone is 1. The molecule has 0 N–H and O–H groups in total. The third-order valence-electron chi connectivity index (χ3n) is 3.75. The summed E-state index contributed by atoms with van der Waals surface area (Å²) in [5.74, 6) is 1.53. The number of hydrogen-bond donors (Lipinski definition) is 0. The van der Waals surface area contributed by atoms with Crippen molar-refractivity contribution in [1.29, 1.82) is 0 Å². The Balaban J connectivity index is -0.000000549. The fraction of sp³-hybridized carbons (Fsp3) is 0.667. The zero-order valence-corrected chi connectivity index (χ0v) is 18.5. The van der Waals surface area contributed by atoms with Crippen LogP contribution in [0.3, 0.4) is 0 Å². The highest BCUT2D eigenvalue weighted by atomic mass is 14.2. The van der Waals surface area contributed by atoms with E-state index in [2.05, 4.69) is 72.4 Å². The highest BCUT2D eigenvalue weighted by Gasteiger charge is 2.12. The highest BCUT2D eigenvalue weighted by Crippen LogP contribution is 2.29. The summed E-state index contributed by atoms with van der Waals surface area (Å²) in [4.78, 5) is 0. The Hall–Kier alpha value is -1.04. The third kappa shape index (κ3) is 13.4. The molecule has 1 rings (SSSR count).